The number of carbonyl (C=O) groups excluding carboxylic acids is 1. The molecule has 25 heavy (non-hydrogen) atoms. The average molecular weight is 423 g/mol. The molecule has 0 aliphatic carbocycles. The fourth-order valence-electron chi connectivity index (χ4n) is 3.27. The minimum Gasteiger partial charge on any atom is -0.381 e. The molecular formula is C20H21BrClNO2. The Hall–Kier alpha value is -1.36. The highest BCUT2D eigenvalue weighted by molar-refractivity contribution is 9.10. The lowest BCUT2D eigenvalue weighted by Gasteiger charge is -2.38. The second-order valence-corrected chi connectivity index (χ2v) is 7.84. The summed E-state index contributed by atoms with van der Waals surface area (Å²) in [4.78, 5) is 12.4. The highest BCUT2D eigenvalue weighted by Crippen LogP contribution is 2.35. The number of halogens is 2. The SMILES string of the molecule is O=C(Cc1ccc(Cl)cc1)NCC1(c2cccc(Br)c2)CCOCC1. The van der Waals surface area contributed by atoms with Crippen molar-refractivity contribution in [1.82, 2.24) is 5.32 Å². The molecule has 0 radical (unpaired) electrons. The maximum atomic E-state index is 12.4. The molecule has 1 heterocycles. The molecule has 1 fully saturated rings. The van der Waals surface area contributed by atoms with Gasteiger partial charge in [-0.05, 0) is 48.2 Å². The quantitative estimate of drug-likeness (QED) is 0.770. The first kappa shape index (κ1) is 18.4. The number of amides is 1. The molecule has 1 amide bonds. The van der Waals surface area contributed by atoms with Crippen LogP contribution in [0.25, 0.3) is 0 Å². The molecule has 1 aliphatic heterocycles. The summed E-state index contributed by atoms with van der Waals surface area (Å²) >= 11 is 9.45. The number of carbonyl (C=O) groups is 1. The zero-order valence-corrected chi connectivity index (χ0v) is 16.3. The molecule has 0 unspecified atom stereocenters. The fourth-order valence-corrected chi connectivity index (χ4v) is 3.79. The number of nitrogens with one attached hydrogen (secondary N) is 1. The molecule has 2 aromatic carbocycles. The van der Waals surface area contributed by atoms with E-state index in [2.05, 4.69) is 33.4 Å². The third kappa shape index (κ3) is 4.84. The molecule has 0 saturated carbocycles. The van der Waals surface area contributed by atoms with Crippen molar-refractivity contribution >= 4 is 33.4 Å². The van der Waals surface area contributed by atoms with E-state index in [1.807, 2.05) is 36.4 Å². The second kappa shape index (κ2) is 8.35. The Bertz CT molecular complexity index is 727. The molecule has 0 atom stereocenters. The van der Waals surface area contributed by atoms with Crippen LogP contribution in [0.1, 0.15) is 24.0 Å². The van der Waals surface area contributed by atoms with E-state index in [0.717, 1.165) is 36.1 Å². The topological polar surface area (TPSA) is 38.3 Å². The molecular weight excluding hydrogens is 402 g/mol. The van der Waals surface area contributed by atoms with Gasteiger partial charge in [0.15, 0.2) is 0 Å². The standard InChI is InChI=1S/C20H21BrClNO2/c21-17-3-1-2-16(13-17)20(8-10-25-11-9-20)14-23-19(24)12-15-4-6-18(22)7-5-15/h1-7,13H,8-12,14H2,(H,23,24). The summed E-state index contributed by atoms with van der Waals surface area (Å²) in [5.41, 5.74) is 2.14. The van der Waals surface area contributed by atoms with Gasteiger partial charge in [-0.1, -0.05) is 51.8 Å². The van der Waals surface area contributed by atoms with E-state index in [1.54, 1.807) is 0 Å². The van der Waals surface area contributed by atoms with Crippen LogP contribution in [0.4, 0.5) is 0 Å². The van der Waals surface area contributed by atoms with Crippen LogP contribution in [0.2, 0.25) is 5.02 Å². The van der Waals surface area contributed by atoms with E-state index in [4.69, 9.17) is 16.3 Å². The summed E-state index contributed by atoms with van der Waals surface area (Å²) in [6.45, 7) is 2.07. The Balaban J connectivity index is 1.68. The van der Waals surface area contributed by atoms with Gasteiger partial charge in [0.25, 0.3) is 0 Å². The summed E-state index contributed by atoms with van der Waals surface area (Å²) in [7, 11) is 0. The molecule has 3 rings (SSSR count). The van der Waals surface area contributed by atoms with Crippen molar-refractivity contribution in [2.45, 2.75) is 24.7 Å². The molecule has 0 spiro atoms. The molecule has 5 heteroatoms. The molecule has 0 aromatic heterocycles. The van der Waals surface area contributed by atoms with Crippen molar-refractivity contribution in [2.24, 2.45) is 0 Å². The molecule has 132 valence electrons. The Morgan fingerprint density at radius 3 is 2.56 bits per heavy atom. The number of hydrogen-bond donors (Lipinski definition) is 1. The molecule has 0 bridgehead atoms. The van der Waals surface area contributed by atoms with Gasteiger partial charge in [0.2, 0.25) is 5.91 Å². The second-order valence-electron chi connectivity index (χ2n) is 6.48. The van der Waals surface area contributed by atoms with E-state index in [0.29, 0.717) is 18.0 Å². The van der Waals surface area contributed by atoms with Crippen LogP contribution in [-0.4, -0.2) is 25.7 Å². The Labute approximate surface area is 161 Å². The summed E-state index contributed by atoms with van der Waals surface area (Å²) < 4.78 is 6.61. The van der Waals surface area contributed by atoms with Crippen LogP contribution in [0.3, 0.4) is 0 Å². The van der Waals surface area contributed by atoms with Crippen LogP contribution < -0.4 is 5.32 Å². The van der Waals surface area contributed by atoms with Gasteiger partial charge in [-0.15, -0.1) is 0 Å². The highest BCUT2D eigenvalue weighted by Gasteiger charge is 2.34. The minimum atomic E-state index is -0.0717. The van der Waals surface area contributed by atoms with E-state index >= 15 is 0 Å². The number of hydrogen-bond acceptors (Lipinski definition) is 2. The first-order chi connectivity index (χ1) is 12.1. The normalized spacial score (nSPS) is 16.4. The Morgan fingerprint density at radius 2 is 1.88 bits per heavy atom. The van der Waals surface area contributed by atoms with Gasteiger partial charge >= 0.3 is 0 Å². The van der Waals surface area contributed by atoms with Gasteiger partial charge < -0.3 is 10.1 Å². The lowest BCUT2D eigenvalue weighted by atomic mass is 9.74. The summed E-state index contributed by atoms with van der Waals surface area (Å²) in [6, 6.07) is 15.8. The number of benzene rings is 2. The van der Waals surface area contributed by atoms with Crippen LogP contribution in [0.15, 0.2) is 53.0 Å². The lowest BCUT2D eigenvalue weighted by Crippen LogP contribution is -2.45. The maximum Gasteiger partial charge on any atom is 0.224 e. The van der Waals surface area contributed by atoms with E-state index in [-0.39, 0.29) is 11.3 Å². The van der Waals surface area contributed by atoms with Crippen molar-refractivity contribution < 1.29 is 9.53 Å². The summed E-state index contributed by atoms with van der Waals surface area (Å²) in [5, 5.41) is 3.81. The smallest absolute Gasteiger partial charge is 0.224 e. The Kier molecular flexibility index (Phi) is 6.15. The molecule has 3 nitrogen and oxygen atoms in total. The summed E-state index contributed by atoms with van der Waals surface area (Å²) in [6.07, 6.45) is 2.18. The predicted octanol–water partition coefficient (Wildman–Crippen LogP) is 4.51. The third-order valence-electron chi connectivity index (χ3n) is 4.79. The number of rotatable bonds is 5. The predicted molar refractivity (Wildman–Crippen MR) is 104 cm³/mol. The molecule has 1 saturated heterocycles. The summed E-state index contributed by atoms with van der Waals surface area (Å²) in [5.74, 6) is 0.0307. The monoisotopic (exact) mass is 421 g/mol. The van der Waals surface area contributed by atoms with Crippen molar-refractivity contribution in [3.8, 4) is 0 Å². The van der Waals surface area contributed by atoms with Gasteiger partial charge in [0.1, 0.15) is 0 Å². The molecule has 1 aliphatic rings. The van der Waals surface area contributed by atoms with Crippen molar-refractivity contribution in [3.63, 3.8) is 0 Å². The van der Waals surface area contributed by atoms with Crippen molar-refractivity contribution in [1.29, 1.82) is 0 Å². The van der Waals surface area contributed by atoms with E-state index in [1.165, 1.54) is 5.56 Å². The van der Waals surface area contributed by atoms with Gasteiger partial charge in [0.05, 0.1) is 6.42 Å². The Morgan fingerprint density at radius 1 is 1.16 bits per heavy atom. The van der Waals surface area contributed by atoms with Crippen LogP contribution in [0.5, 0.6) is 0 Å². The van der Waals surface area contributed by atoms with Crippen LogP contribution >= 0.6 is 27.5 Å². The largest absolute Gasteiger partial charge is 0.381 e. The van der Waals surface area contributed by atoms with Gasteiger partial charge in [-0.2, -0.15) is 0 Å². The first-order valence-electron chi connectivity index (χ1n) is 8.42. The van der Waals surface area contributed by atoms with Gasteiger partial charge in [-0.25, -0.2) is 0 Å². The zero-order chi connectivity index (χ0) is 17.7. The van der Waals surface area contributed by atoms with Gasteiger partial charge in [0, 0.05) is 34.7 Å². The minimum absolute atomic E-state index is 0.0307. The molecule has 1 N–H and O–H groups in total. The van der Waals surface area contributed by atoms with Crippen molar-refractivity contribution in [2.75, 3.05) is 19.8 Å². The number of ether oxygens (including phenoxy) is 1. The average Bonchev–Trinajstić information content (AvgIpc) is 2.63. The fraction of sp³-hybridized carbons (Fsp3) is 0.350. The van der Waals surface area contributed by atoms with E-state index in [9.17, 15) is 4.79 Å². The van der Waals surface area contributed by atoms with Gasteiger partial charge in [-0.3, -0.25) is 4.79 Å². The molecule has 2 aromatic rings. The maximum absolute atomic E-state index is 12.4. The zero-order valence-electron chi connectivity index (χ0n) is 13.9. The van der Waals surface area contributed by atoms with Crippen LogP contribution in [-0.2, 0) is 21.4 Å². The first-order valence-corrected chi connectivity index (χ1v) is 9.59. The third-order valence-corrected chi connectivity index (χ3v) is 5.53. The lowest BCUT2D eigenvalue weighted by molar-refractivity contribution is -0.120. The van der Waals surface area contributed by atoms with Crippen LogP contribution in [0, 0.1) is 0 Å². The van der Waals surface area contributed by atoms with E-state index < -0.39 is 0 Å². The van der Waals surface area contributed by atoms with Crippen molar-refractivity contribution in [3.05, 3.63) is 69.2 Å². The highest BCUT2D eigenvalue weighted by atomic mass is 79.9.